The van der Waals surface area contributed by atoms with Gasteiger partial charge in [-0.1, -0.05) is 212 Å². The molecular weight excluding hydrogens is 838 g/mol. The minimum atomic E-state index is -5.15. The quantitative estimate of drug-likeness (QED) is 0.0158. The van der Waals surface area contributed by atoms with Gasteiger partial charge in [-0.15, -0.1) is 0 Å². The van der Waals surface area contributed by atoms with Gasteiger partial charge >= 0.3 is 7.82 Å². The number of carbonyl (C=O) groups is 1. The van der Waals surface area contributed by atoms with Gasteiger partial charge in [0.25, 0.3) is 0 Å². The van der Waals surface area contributed by atoms with Crippen molar-refractivity contribution in [3.63, 3.8) is 0 Å². The van der Waals surface area contributed by atoms with E-state index in [0.717, 1.165) is 44.9 Å². The summed E-state index contributed by atoms with van der Waals surface area (Å²) >= 11 is 0. The Labute approximate surface area is 388 Å². The highest BCUT2D eigenvalue weighted by atomic mass is 31.2. The van der Waals surface area contributed by atoms with Gasteiger partial charge in [0.2, 0.25) is 5.91 Å². The van der Waals surface area contributed by atoms with Crippen molar-refractivity contribution in [3.8, 4) is 0 Å². The average molecular weight is 934 g/mol. The van der Waals surface area contributed by atoms with E-state index in [-0.39, 0.29) is 6.42 Å². The van der Waals surface area contributed by atoms with Gasteiger partial charge in [-0.05, 0) is 32.1 Å². The van der Waals surface area contributed by atoms with Crippen molar-refractivity contribution >= 4 is 13.7 Å². The summed E-state index contributed by atoms with van der Waals surface area (Å²) in [6.07, 6.45) is 31.2. The summed E-state index contributed by atoms with van der Waals surface area (Å²) in [5.41, 5.74) is 0. The molecule has 8 unspecified atom stereocenters. The maximum absolute atomic E-state index is 13.0. The second-order valence-corrected chi connectivity index (χ2v) is 20.0. The first-order valence-corrected chi connectivity index (χ1v) is 27.4. The van der Waals surface area contributed by atoms with Crippen LogP contribution >= 0.6 is 7.82 Å². The zero-order chi connectivity index (χ0) is 47.3. The van der Waals surface area contributed by atoms with Crippen LogP contribution in [-0.2, 0) is 18.4 Å². The summed E-state index contributed by atoms with van der Waals surface area (Å²) < 4.78 is 22.9. The van der Waals surface area contributed by atoms with Crippen molar-refractivity contribution in [1.82, 2.24) is 5.32 Å². The molecule has 378 valence electrons. The fraction of sp³-hybridized carbons (Fsp3) is 0.900. The molecule has 0 aromatic carbocycles. The number of phosphoric ester groups is 1. The molecule has 1 saturated carbocycles. The SMILES string of the molecule is CCCCCCCCCCCCC/C=C/CC/C=C/C(O)C(COP(=O)(O)OC1C(O)C(O)C(O)C(O)C1O)NC(=O)CC(O)CCCCCCCCCCCCCCCCCCC. The first kappa shape index (κ1) is 60.8. The minimum Gasteiger partial charge on any atom is -0.393 e. The predicted octanol–water partition coefficient (Wildman–Crippen LogP) is 9.54. The van der Waals surface area contributed by atoms with Crippen LogP contribution in [-0.4, -0.2) is 108 Å². The van der Waals surface area contributed by atoms with E-state index >= 15 is 0 Å². The smallest absolute Gasteiger partial charge is 0.393 e. The Bertz CT molecular complexity index is 1190. The molecular formula is C50H96NO12P. The molecule has 1 amide bonds. The van der Waals surface area contributed by atoms with E-state index < -0.39 is 75.2 Å². The summed E-state index contributed by atoms with van der Waals surface area (Å²) in [5.74, 6) is -0.599. The lowest BCUT2D eigenvalue weighted by atomic mass is 9.85. The molecule has 64 heavy (non-hydrogen) atoms. The Hall–Kier alpha value is -1.22. The number of carbonyl (C=O) groups excluding carboxylic acids is 1. The molecule has 1 aliphatic carbocycles. The maximum atomic E-state index is 13.0. The molecule has 0 spiro atoms. The van der Waals surface area contributed by atoms with E-state index in [1.807, 2.05) is 0 Å². The topological polar surface area (TPSA) is 226 Å². The monoisotopic (exact) mass is 934 g/mol. The van der Waals surface area contributed by atoms with Crippen LogP contribution in [0.1, 0.15) is 226 Å². The van der Waals surface area contributed by atoms with E-state index in [1.54, 1.807) is 6.08 Å². The van der Waals surface area contributed by atoms with Crippen LogP contribution in [0.2, 0.25) is 0 Å². The van der Waals surface area contributed by atoms with Gasteiger partial charge in [0.05, 0.1) is 31.3 Å². The van der Waals surface area contributed by atoms with Crippen LogP contribution in [0.25, 0.3) is 0 Å². The Morgan fingerprint density at radius 1 is 0.547 bits per heavy atom. The minimum absolute atomic E-state index is 0.248. The van der Waals surface area contributed by atoms with Crippen LogP contribution in [0.5, 0.6) is 0 Å². The molecule has 0 saturated heterocycles. The maximum Gasteiger partial charge on any atom is 0.472 e. The van der Waals surface area contributed by atoms with Crippen molar-refractivity contribution in [2.45, 2.75) is 281 Å². The highest BCUT2D eigenvalue weighted by molar-refractivity contribution is 7.47. The van der Waals surface area contributed by atoms with Gasteiger partial charge < -0.3 is 46.0 Å². The number of hydrogen-bond acceptors (Lipinski definition) is 11. The number of amides is 1. The molecule has 1 aliphatic rings. The van der Waals surface area contributed by atoms with Gasteiger partial charge in [0, 0.05) is 0 Å². The van der Waals surface area contributed by atoms with Gasteiger partial charge in [-0.25, -0.2) is 4.57 Å². The number of rotatable bonds is 43. The Morgan fingerprint density at radius 3 is 1.38 bits per heavy atom. The molecule has 1 rings (SSSR count). The normalized spacial score (nSPS) is 22.8. The van der Waals surface area contributed by atoms with E-state index in [1.165, 1.54) is 154 Å². The fourth-order valence-electron chi connectivity index (χ4n) is 8.32. The standard InChI is InChI=1S/C50H96NO12P/c1-3-5-7-9-11-13-15-17-19-21-23-25-27-29-31-33-35-37-41(52)39-44(54)51-42(40-62-64(60,61)63-50-48(58)46(56)45(55)47(57)49(50)59)43(53)38-36-34-32-30-28-26-24-22-20-18-16-14-12-10-8-6-4-2/h28,30,36,38,41-43,45-50,52-53,55-59H,3-27,29,31-35,37,39-40H2,1-2H3,(H,51,54)(H,60,61)/b30-28+,38-36+. The Morgan fingerprint density at radius 2 is 0.922 bits per heavy atom. The van der Waals surface area contributed by atoms with Gasteiger partial charge in [-0.2, -0.15) is 0 Å². The predicted molar refractivity (Wildman–Crippen MR) is 257 cm³/mol. The Kier molecular flexibility index (Phi) is 37.8. The molecule has 0 bridgehead atoms. The third-order valence-corrected chi connectivity index (χ3v) is 13.5. The molecule has 9 N–H and O–H groups in total. The molecule has 0 aliphatic heterocycles. The van der Waals surface area contributed by atoms with Crippen molar-refractivity contribution in [3.05, 3.63) is 24.3 Å². The number of phosphoric acid groups is 1. The lowest BCUT2D eigenvalue weighted by Gasteiger charge is -2.41. The van der Waals surface area contributed by atoms with Crippen molar-refractivity contribution in [2.75, 3.05) is 6.61 Å². The molecule has 0 aromatic rings. The van der Waals surface area contributed by atoms with Crippen molar-refractivity contribution in [1.29, 1.82) is 0 Å². The largest absolute Gasteiger partial charge is 0.472 e. The summed E-state index contributed by atoms with van der Waals surface area (Å²) in [4.78, 5) is 23.5. The van der Waals surface area contributed by atoms with Crippen LogP contribution in [0.15, 0.2) is 24.3 Å². The lowest BCUT2D eigenvalue weighted by Crippen LogP contribution is -2.64. The molecule has 0 radical (unpaired) electrons. The van der Waals surface area contributed by atoms with Crippen LogP contribution in [0, 0.1) is 0 Å². The van der Waals surface area contributed by atoms with Crippen LogP contribution in [0.4, 0.5) is 0 Å². The van der Waals surface area contributed by atoms with Crippen molar-refractivity contribution < 1.29 is 59.0 Å². The van der Waals surface area contributed by atoms with Gasteiger partial charge in [-0.3, -0.25) is 13.8 Å². The van der Waals surface area contributed by atoms with E-state index in [2.05, 4.69) is 31.3 Å². The first-order chi connectivity index (χ1) is 30.8. The first-order valence-electron chi connectivity index (χ1n) is 25.9. The fourth-order valence-corrected chi connectivity index (χ4v) is 9.28. The summed E-state index contributed by atoms with van der Waals surface area (Å²) in [6, 6.07) is -1.25. The second kappa shape index (κ2) is 39.7. The summed E-state index contributed by atoms with van der Waals surface area (Å²) in [5, 5.41) is 74.6. The van der Waals surface area contributed by atoms with Crippen molar-refractivity contribution in [2.24, 2.45) is 0 Å². The molecule has 0 heterocycles. The van der Waals surface area contributed by atoms with Crippen LogP contribution < -0.4 is 5.32 Å². The molecule has 8 atom stereocenters. The van der Waals surface area contributed by atoms with Gasteiger partial charge in [0.1, 0.15) is 36.6 Å². The summed E-state index contributed by atoms with van der Waals surface area (Å²) in [6.45, 7) is 3.75. The number of aliphatic hydroxyl groups is 7. The molecule has 13 nitrogen and oxygen atoms in total. The number of nitrogens with one attached hydrogen (secondary N) is 1. The highest BCUT2D eigenvalue weighted by Crippen LogP contribution is 2.47. The zero-order valence-corrected chi connectivity index (χ0v) is 41.1. The molecule has 0 aromatic heterocycles. The van der Waals surface area contributed by atoms with E-state index in [9.17, 15) is 50.0 Å². The average Bonchev–Trinajstić information content (AvgIpc) is 3.27. The summed E-state index contributed by atoms with van der Waals surface area (Å²) in [7, 11) is -5.15. The lowest BCUT2D eigenvalue weighted by molar-refractivity contribution is -0.220. The Balaban J connectivity index is 2.51. The molecule has 14 heteroatoms. The highest BCUT2D eigenvalue weighted by Gasteiger charge is 2.51. The second-order valence-electron chi connectivity index (χ2n) is 18.6. The van der Waals surface area contributed by atoms with Gasteiger partial charge in [0.15, 0.2) is 0 Å². The van der Waals surface area contributed by atoms with E-state index in [0.29, 0.717) is 12.8 Å². The van der Waals surface area contributed by atoms with E-state index in [4.69, 9.17) is 9.05 Å². The number of unbranched alkanes of at least 4 members (excludes halogenated alkanes) is 28. The number of allylic oxidation sites excluding steroid dienone is 3. The zero-order valence-electron chi connectivity index (χ0n) is 40.2. The third kappa shape index (κ3) is 30.9. The van der Waals surface area contributed by atoms with Crippen LogP contribution in [0.3, 0.4) is 0 Å². The third-order valence-electron chi connectivity index (χ3n) is 12.5. The number of aliphatic hydroxyl groups excluding tert-OH is 7. The number of hydrogen-bond donors (Lipinski definition) is 9. The molecule has 1 fully saturated rings.